The molecule has 1 aliphatic rings. The van der Waals surface area contributed by atoms with Crippen LogP contribution >= 0.6 is 0 Å². The fraction of sp³-hybridized carbons (Fsp3) is 0.389. The highest BCUT2D eigenvalue weighted by Gasteiger charge is 2.13. The minimum absolute atomic E-state index is 0.722. The molecule has 0 radical (unpaired) electrons. The summed E-state index contributed by atoms with van der Waals surface area (Å²) in [6.07, 6.45) is 4.97. The van der Waals surface area contributed by atoms with E-state index in [2.05, 4.69) is 36.5 Å². The van der Waals surface area contributed by atoms with Gasteiger partial charge in [0.05, 0.1) is 0 Å². The van der Waals surface area contributed by atoms with E-state index in [4.69, 9.17) is 5.26 Å². The molecular formula is C18H21N3. The number of nitrogens with one attached hydrogen (secondary N) is 1. The van der Waals surface area contributed by atoms with Gasteiger partial charge in [0.1, 0.15) is 11.8 Å². The van der Waals surface area contributed by atoms with Crippen LogP contribution in [0.4, 0.5) is 5.69 Å². The number of nitrogens with zero attached hydrogens (tertiary/aromatic N) is 2. The Morgan fingerprint density at radius 1 is 1.29 bits per heavy atom. The lowest BCUT2D eigenvalue weighted by atomic mass is 9.90. The highest BCUT2D eigenvalue weighted by molar-refractivity contribution is 5.56. The molecule has 0 saturated carbocycles. The molecule has 1 aliphatic carbocycles. The van der Waals surface area contributed by atoms with Gasteiger partial charge in [-0.1, -0.05) is 12.1 Å². The van der Waals surface area contributed by atoms with Crippen LogP contribution in [0.2, 0.25) is 0 Å². The van der Waals surface area contributed by atoms with Gasteiger partial charge in [-0.2, -0.15) is 5.26 Å². The number of fused-ring (bicyclic) bond motifs is 1. The van der Waals surface area contributed by atoms with E-state index in [0.29, 0.717) is 0 Å². The van der Waals surface area contributed by atoms with E-state index in [1.165, 1.54) is 48.1 Å². The largest absolute Gasteiger partial charge is 0.381 e. The zero-order valence-electron chi connectivity index (χ0n) is 12.7. The van der Waals surface area contributed by atoms with Crippen molar-refractivity contribution in [2.45, 2.75) is 39.2 Å². The summed E-state index contributed by atoms with van der Waals surface area (Å²) in [5.74, 6) is 0. The molecule has 0 atom stereocenters. The SMILES string of the molecule is Cc1c(CNc2cccc3c2CCCC3)cc(C#N)n1C. The second-order valence-corrected chi connectivity index (χ2v) is 5.81. The maximum absolute atomic E-state index is 9.11. The van der Waals surface area contributed by atoms with Crippen LogP contribution in [0.25, 0.3) is 0 Å². The summed E-state index contributed by atoms with van der Waals surface area (Å²) in [5, 5.41) is 12.7. The first kappa shape index (κ1) is 13.8. The number of nitriles is 1. The standard InChI is InChI=1S/C18H21N3/c1-13-15(10-16(11-19)21(13)2)12-20-18-9-5-7-14-6-3-4-8-17(14)18/h5,7,9-10,20H,3-4,6,8,12H2,1-2H3. The van der Waals surface area contributed by atoms with Gasteiger partial charge in [-0.05, 0) is 61.4 Å². The van der Waals surface area contributed by atoms with E-state index >= 15 is 0 Å². The van der Waals surface area contributed by atoms with Gasteiger partial charge < -0.3 is 9.88 Å². The van der Waals surface area contributed by atoms with Crippen molar-refractivity contribution in [3.05, 3.63) is 52.3 Å². The Balaban J connectivity index is 1.81. The Bertz CT molecular complexity index is 704. The molecule has 0 bridgehead atoms. The molecule has 3 nitrogen and oxygen atoms in total. The van der Waals surface area contributed by atoms with Crippen LogP contribution in [0.5, 0.6) is 0 Å². The molecule has 0 saturated heterocycles. The highest BCUT2D eigenvalue weighted by atomic mass is 15.0. The number of aryl methyl sites for hydroxylation is 1. The predicted octanol–water partition coefficient (Wildman–Crippen LogP) is 3.70. The zero-order valence-corrected chi connectivity index (χ0v) is 12.7. The molecule has 0 fully saturated rings. The third-order valence-electron chi connectivity index (χ3n) is 4.62. The van der Waals surface area contributed by atoms with Crippen LogP contribution in [0.3, 0.4) is 0 Å². The fourth-order valence-electron chi connectivity index (χ4n) is 3.19. The summed E-state index contributed by atoms with van der Waals surface area (Å²) in [4.78, 5) is 0. The minimum Gasteiger partial charge on any atom is -0.381 e. The van der Waals surface area contributed by atoms with Crippen LogP contribution in [0.15, 0.2) is 24.3 Å². The molecule has 0 spiro atoms. The molecular weight excluding hydrogens is 258 g/mol. The molecule has 0 unspecified atom stereocenters. The maximum Gasteiger partial charge on any atom is 0.120 e. The second-order valence-electron chi connectivity index (χ2n) is 5.81. The Morgan fingerprint density at radius 2 is 2.10 bits per heavy atom. The quantitative estimate of drug-likeness (QED) is 0.930. The summed E-state index contributed by atoms with van der Waals surface area (Å²) >= 11 is 0. The van der Waals surface area contributed by atoms with Gasteiger partial charge in [0.25, 0.3) is 0 Å². The van der Waals surface area contributed by atoms with Gasteiger partial charge in [-0.25, -0.2) is 0 Å². The molecule has 108 valence electrons. The lowest BCUT2D eigenvalue weighted by molar-refractivity contribution is 0.686. The monoisotopic (exact) mass is 279 g/mol. The molecule has 1 aromatic carbocycles. The number of benzene rings is 1. The van der Waals surface area contributed by atoms with Crippen LogP contribution in [-0.2, 0) is 26.4 Å². The molecule has 21 heavy (non-hydrogen) atoms. The highest BCUT2D eigenvalue weighted by Crippen LogP contribution is 2.28. The summed E-state index contributed by atoms with van der Waals surface area (Å²) in [5.41, 5.74) is 7.31. The second kappa shape index (κ2) is 5.65. The van der Waals surface area contributed by atoms with Crippen LogP contribution in [0, 0.1) is 18.3 Å². The average molecular weight is 279 g/mol. The molecule has 1 N–H and O–H groups in total. The molecule has 1 heterocycles. The average Bonchev–Trinajstić information content (AvgIpc) is 2.80. The maximum atomic E-state index is 9.11. The van der Waals surface area contributed by atoms with Crippen molar-refractivity contribution in [2.75, 3.05) is 5.32 Å². The lowest BCUT2D eigenvalue weighted by Gasteiger charge is -2.20. The Morgan fingerprint density at radius 3 is 2.86 bits per heavy atom. The Labute approximate surface area is 126 Å². The molecule has 3 rings (SSSR count). The summed E-state index contributed by atoms with van der Waals surface area (Å²) in [7, 11) is 1.95. The number of hydrogen-bond donors (Lipinski definition) is 1. The van der Waals surface area contributed by atoms with Crippen molar-refractivity contribution in [3.63, 3.8) is 0 Å². The van der Waals surface area contributed by atoms with Crippen molar-refractivity contribution in [3.8, 4) is 6.07 Å². The van der Waals surface area contributed by atoms with E-state index in [-0.39, 0.29) is 0 Å². The topological polar surface area (TPSA) is 40.8 Å². The van der Waals surface area contributed by atoms with Gasteiger partial charge in [0, 0.05) is 25.0 Å². The number of rotatable bonds is 3. The molecule has 0 amide bonds. The third-order valence-corrected chi connectivity index (χ3v) is 4.62. The zero-order chi connectivity index (χ0) is 14.8. The van der Waals surface area contributed by atoms with Crippen molar-refractivity contribution in [1.82, 2.24) is 4.57 Å². The first-order valence-corrected chi connectivity index (χ1v) is 7.60. The van der Waals surface area contributed by atoms with Crippen LogP contribution < -0.4 is 5.32 Å². The number of aromatic nitrogens is 1. The summed E-state index contributed by atoms with van der Waals surface area (Å²) in [6.45, 7) is 2.84. The minimum atomic E-state index is 0.722. The fourth-order valence-corrected chi connectivity index (χ4v) is 3.19. The van der Waals surface area contributed by atoms with Gasteiger partial charge in [-0.3, -0.25) is 0 Å². The van der Waals surface area contributed by atoms with Crippen LogP contribution in [0.1, 0.15) is 40.9 Å². The molecule has 1 aromatic heterocycles. The van der Waals surface area contributed by atoms with Crippen molar-refractivity contribution in [1.29, 1.82) is 5.26 Å². The number of anilines is 1. The van der Waals surface area contributed by atoms with Gasteiger partial charge in [0.2, 0.25) is 0 Å². The van der Waals surface area contributed by atoms with Crippen molar-refractivity contribution in [2.24, 2.45) is 7.05 Å². The molecule has 0 aliphatic heterocycles. The Hall–Kier alpha value is -2.21. The van der Waals surface area contributed by atoms with E-state index in [0.717, 1.165) is 17.9 Å². The summed E-state index contributed by atoms with van der Waals surface area (Å²) < 4.78 is 1.96. The van der Waals surface area contributed by atoms with Gasteiger partial charge in [-0.15, -0.1) is 0 Å². The van der Waals surface area contributed by atoms with E-state index in [9.17, 15) is 0 Å². The first-order valence-electron chi connectivity index (χ1n) is 7.60. The van der Waals surface area contributed by atoms with E-state index in [1.54, 1.807) is 0 Å². The normalized spacial score (nSPS) is 13.6. The van der Waals surface area contributed by atoms with Crippen molar-refractivity contribution >= 4 is 5.69 Å². The van der Waals surface area contributed by atoms with Gasteiger partial charge >= 0.3 is 0 Å². The number of hydrogen-bond acceptors (Lipinski definition) is 2. The van der Waals surface area contributed by atoms with E-state index in [1.807, 2.05) is 17.7 Å². The van der Waals surface area contributed by atoms with E-state index < -0.39 is 0 Å². The first-order chi connectivity index (χ1) is 10.2. The van der Waals surface area contributed by atoms with Gasteiger partial charge in [0.15, 0.2) is 0 Å². The smallest absolute Gasteiger partial charge is 0.120 e. The van der Waals surface area contributed by atoms with Crippen LogP contribution in [-0.4, -0.2) is 4.57 Å². The van der Waals surface area contributed by atoms with Crippen molar-refractivity contribution < 1.29 is 0 Å². The molecule has 2 aromatic rings. The summed E-state index contributed by atoms with van der Waals surface area (Å²) in [6, 6.07) is 10.8. The lowest BCUT2D eigenvalue weighted by Crippen LogP contribution is -2.09. The predicted molar refractivity (Wildman–Crippen MR) is 85.3 cm³/mol. The Kier molecular flexibility index (Phi) is 3.70. The molecule has 3 heteroatoms. The third kappa shape index (κ3) is 2.54.